The highest BCUT2D eigenvalue weighted by atomic mass is 19.4. The molecule has 224 valence electrons. The van der Waals surface area contributed by atoms with E-state index < -0.39 is 48.1 Å². The molecule has 0 aliphatic carbocycles. The molecule has 0 radical (unpaired) electrons. The number of rotatable bonds is 7. The number of ether oxygens (including phenoxy) is 1. The van der Waals surface area contributed by atoms with Crippen molar-refractivity contribution in [3.8, 4) is 0 Å². The summed E-state index contributed by atoms with van der Waals surface area (Å²) >= 11 is 0. The van der Waals surface area contributed by atoms with Crippen LogP contribution in [-0.2, 0) is 39.8 Å². The number of nitrogens with one attached hydrogen (secondary N) is 1. The first-order valence-electron chi connectivity index (χ1n) is 11.9. The smallest absolute Gasteiger partial charge is 0.422 e. The van der Waals surface area contributed by atoms with Gasteiger partial charge in [-0.05, 0) is 73.8 Å². The van der Waals surface area contributed by atoms with Crippen molar-refractivity contribution in [1.82, 2.24) is 10.2 Å². The highest BCUT2D eigenvalue weighted by Crippen LogP contribution is 2.31. The van der Waals surface area contributed by atoms with Crippen LogP contribution in [0, 0.1) is 13.8 Å². The van der Waals surface area contributed by atoms with Crippen LogP contribution in [0.3, 0.4) is 0 Å². The van der Waals surface area contributed by atoms with Gasteiger partial charge in [-0.1, -0.05) is 19.1 Å². The summed E-state index contributed by atoms with van der Waals surface area (Å²) < 4.78 is 115. The number of carbonyl (C=O) groups is 2. The Labute approximate surface area is 225 Å². The second-order valence-corrected chi connectivity index (χ2v) is 8.57. The second-order valence-electron chi connectivity index (χ2n) is 8.57. The molecule has 1 amide bonds. The molecule has 0 saturated carbocycles. The Morgan fingerprint density at radius 3 is 1.65 bits per heavy atom. The third kappa shape index (κ3) is 11.4. The fourth-order valence-corrected chi connectivity index (χ4v) is 3.25. The third-order valence-electron chi connectivity index (χ3n) is 5.48. The Morgan fingerprint density at radius 1 is 0.800 bits per heavy atom. The molecule has 0 saturated heterocycles. The average molecular weight is 589 g/mol. The Hall–Kier alpha value is -3.29. The highest BCUT2D eigenvalue weighted by molar-refractivity contribution is 6.32. The topological polar surface area (TPSA) is 58.6 Å². The summed E-state index contributed by atoms with van der Waals surface area (Å²) in [5, 5.41) is 3.08. The van der Waals surface area contributed by atoms with Crippen LogP contribution in [0.2, 0.25) is 0 Å². The zero-order chi connectivity index (χ0) is 30.9. The number of benzene rings is 2. The molecule has 0 unspecified atom stereocenters. The molecule has 2 rings (SSSR count). The minimum Gasteiger partial charge on any atom is -0.449 e. The second kappa shape index (κ2) is 14.4. The third-order valence-corrected chi connectivity index (χ3v) is 5.48. The lowest BCUT2D eigenvalue weighted by molar-refractivity contribution is -0.189. The maximum absolute atomic E-state index is 12.6. The number of hydrogen-bond acceptors (Lipinski definition) is 4. The van der Waals surface area contributed by atoms with Gasteiger partial charge in [-0.25, -0.2) is 4.79 Å². The van der Waals surface area contributed by atoms with E-state index in [0.29, 0.717) is 17.7 Å². The standard InChI is InChI=1S/C15H15F6NO3.C11H14F3N/c1-3-22(12(23)13(24)25-8-14(16,17)18)7-10-4-5-11(6-9(10)2)15(19,20)21;1-3-15-7-9-4-5-10(6-8(9)2)11(12,13)14/h4-6H,3,7-8H2,1-2H3;4-6,15H,3,7H2,1-2H3. The molecule has 0 bridgehead atoms. The van der Waals surface area contributed by atoms with Crippen LogP contribution in [0.25, 0.3) is 0 Å². The zero-order valence-corrected chi connectivity index (χ0v) is 22.1. The van der Waals surface area contributed by atoms with E-state index in [4.69, 9.17) is 0 Å². The van der Waals surface area contributed by atoms with E-state index in [0.717, 1.165) is 41.3 Å². The lowest BCUT2D eigenvalue weighted by Gasteiger charge is -2.21. The minimum atomic E-state index is -4.77. The molecule has 5 nitrogen and oxygen atoms in total. The molecule has 0 aliphatic rings. The molecule has 0 fully saturated rings. The predicted molar refractivity (Wildman–Crippen MR) is 128 cm³/mol. The molecule has 14 heteroatoms. The van der Waals surface area contributed by atoms with E-state index in [-0.39, 0.29) is 18.7 Å². The van der Waals surface area contributed by atoms with Crippen molar-refractivity contribution in [2.24, 2.45) is 0 Å². The van der Waals surface area contributed by atoms with Crippen molar-refractivity contribution in [2.45, 2.75) is 59.3 Å². The highest BCUT2D eigenvalue weighted by Gasteiger charge is 2.33. The van der Waals surface area contributed by atoms with E-state index in [9.17, 15) is 49.1 Å². The van der Waals surface area contributed by atoms with Crippen molar-refractivity contribution in [1.29, 1.82) is 0 Å². The van der Waals surface area contributed by atoms with E-state index >= 15 is 0 Å². The Balaban J connectivity index is 0.000000453. The number of alkyl halides is 9. The number of nitrogens with zero attached hydrogens (tertiary/aromatic N) is 1. The van der Waals surface area contributed by atoms with Gasteiger partial charge in [0.15, 0.2) is 6.61 Å². The lowest BCUT2D eigenvalue weighted by Crippen LogP contribution is -2.38. The van der Waals surface area contributed by atoms with Crippen molar-refractivity contribution < 1.29 is 53.8 Å². The number of hydrogen-bond donors (Lipinski definition) is 1. The van der Waals surface area contributed by atoms with E-state index in [2.05, 4.69) is 10.1 Å². The molecule has 0 aromatic heterocycles. The molecule has 1 N–H and O–H groups in total. The molecule has 0 heterocycles. The van der Waals surface area contributed by atoms with Gasteiger partial charge in [0.25, 0.3) is 0 Å². The quantitative estimate of drug-likeness (QED) is 0.225. The lowest BCUT2D eigenvalue weighted by atomic mass is 10.0. The van der Waals surface area contributed by atoms with Gasteiger partial charge in [-0.3, -0.25) is 4.79 Å². The van der Waals surface area contributed by atoms with Gasteiger partial charge in [-0.2, -0.15) is 39.5 Å². The van der Waals surface area contributed by atoms with Crippen LogP contribution in [0.1, 0.15) is 47.2 Å². The van der Waals surface area contributed by atoms with E-state index in [1.54, 1.807) is 6.92 Å². The Bertz CT molecular complexity index is 1140. The molecule has 0 aliphatic heterocycles. The monoisotopic (exact) mass is 588 g/mol. The molecule has 0 spiro atoms. The van der Waals surface area contributed by atoms with Gasteiger partial charge in [0.05, 0.1) is 11.1 Å². The summed E-state index contributed by atoms with van der Waals surface area (Å²) in [7, 11) is 0. The first-order chi connectivity index (χ1) is 18.3. The van der Waals surface area contributed by atoms with Gasteiger partial charge in [0.1, 0.15) is 0 Å². The summed E-state index contributed by atoms with van der Waals surface area (Å²) in [5.74, 6) is -2.98. The SMILES string of the molecule is CCN(Cc1ccc(C(F)(F)F)cc1C)C(=O)C(=O)OCC(F)(F)F.CCNCc1ccc(C(F)(F)F)cc1C. The number of likely N-dealkylation sites (N-methyl/N-ethyl adjacent to an activating group) is 1. The van der Waals surface area contributed by atoms with Gasteiger partial charge < -0.3 is 15.0 Å². The van der Waals surface area contributed by atoms with Crippen LogP contribution < -0.4 is 5.32 Å². The normalized spacial score (nSPS) is 11.9. The van der Waals surface area contributed by atoms with Crippen molar-refractivity contribution in [3.05, 3.63) is 69.8 Å². The Kier molecular flexibility index (Phi) is 12.5. The fourth-order valence-electron chi connectivity index (χ4n) is 3.25. The summed E-state index contributed by atoms with van der Waals surface area (Å²) in [6, 6.07) is 6.69. The molecular formula is C26H29F9N2O3. The van der Waals surface area contributed by atoms with Gasteiger partial charge in [-0.15, -0.1) is 0 Å². The summed E-state index contributed by atoms with van der Waals surface area (Å²) in [6.07, 6.45) is -13.5. The number of carbonyl (C=O) groups excluding carboxylic acids is 2. The summed E-state index contributed by atoms with van der Waals surface area (Å²) in [6.45, 7) is 5.76. The number of amides is 1. The molecule has 2 aromatic carbocycles. The first-order valence-corrected chi connectivity index (χ1v) is 11.9. The van der Waals surface area contributed by atoms with Crippen molar-refractivity contribution in [2.75, 3.05) is 19.7 Å². The van der Waals surface area contributed by atoms with Gasteiger partial charge in [0.2, 0.25) is 0 Å². The molecular weight excluding hydrogens is 559 g/mol. The van der Waals surface area contributed by atoms with Gasteiger partial charge in [0, 0.05) is 19.6 Å². The zero-order valence-electron chi connectivity index (χ0n) is 22.1. The maximum Gasteiger partial charge on any atom is 0.422 e. The minimum absolute atomic E-state index is 0.0413. The van der Waals surface area contributed by atoms with E-state index in [1.807, 2.05) is 6.92 Å². The van der Waals surface area contributed by atoms with Crippen LogP contribution in [-0.4, -0.2) is 42.6 Å². The van der Waals surface area contributed by atoms with E-state index in [1.165, 1.54) is 26.0 Å². The van der Waals surface area contributed by atoms with Crippen LogP contribution in [0.15, 0.2) is 36.4 Å². The fraction of sp³-hybridized carbons (Fsp3) is 0.462. The maximum atomic E-state index is 12.6. The number of halogens is 9. The van der Waals surface area contributed by atoms with Crippen LogP contribution in [0.4, 0.5) is 39.5 Å². The van der Waals surface area contributed by atoms with Crippen LogP contribution in [0.5, 0.6) is 0 Å². The summed E-state index contributed by atoms with van der Waals surface area (Å²) in [5.41, 5.74) is 0.681. The van der Waals surface area contributed by atoms with Gasteiger partial charge >= 0.3 is 30.4 Å². The molecule has 40 heavy (non-hydrogen) atoms. The van der Waals surface area contributed by atoms with Crippen LogP contribution >= 0.6 is 0 Å². The molecule has 0 atom stereocenters. The van der Waals surface area contributed by atoms with Crippen molar-refractivity contribution in [3.63, 3.8) is 0 Å². The number of esters is 1. The van der Waals surface area contributed by atoms with Crippen molar-refractivity contribution >= 4 is 11.9 Å². The Morgan fingerprint density at radius 2 is 1.27 bits per heavy atom. The first kappa shape index (κ1) is 34.7. The molecule has 2 aromatic rings. The number of aryl methyl sites for hydroxylation is 2. The summed E-state index contributed by atoms with van der Waals surface area (Å²) in [4.78, 5) is 24.1. The predicted octanol–water partition coefficient (Wildman–Crippen LogP) is 6.59. The average Bonchev–Trinajstić information content (AvgIpc) is 2.84. The largest absolute Gasteiger partial charge is 0.449 e.